The number of hydrogen-bond acceptors (Lipinski definition) is 4. The molecule has 0 aliphatic rings. The number of imidazole rings is 1. The minimum atomic E-state index is 0.379. The summed E-state index contributed by atoms with van der Waals surface area (Å²) in [6.07, 6.45) is 3.61. The molecule has 2 rings (SSSR count). The summed E-state index contributed by atoms with van der Waals surface area (Å²) in [5.74, 6) is 0.743. The van der Waals surface area contributed by atoms with Crippen LogP contribution >= 0.6 is 0 Å². The van der Waals surface area contributed by atoms with Crippen molar-refractivity contribution in [1.82, 2.24) is 14.5 Å². The standard InChI is InChI=1S/C13H18N4O/c1-3-17-9-15-7-11(17)8-18-13-5-4-10(2)16-12(13)6-14/h4-5,7,9H,3,6,8,14H2,1-2H3. The molecule has 0 fully saturated rings. The van der Waals surface area contributed by atoms with Gasteiger partial charge in [-0.2, -0.15) is 0 Å². The number of pyridine rings is 1. The summed E-state index contributed by atoms with van der Waals surface area (Å²) in [7, 11) is 0. The molecule has 0 spiro atoms. The van der Waals surface area contributed by atoms with Crippen molar-refractivity contribution in [3.05, 3.63) is 41.7 Å². The fourth-order valence-electron chi connectivity index (χ4n) is 1.78. The zero-order chi connectivity index (χ0) is 13.0. The molecule has 5 heteroatoms. The van der Waals surface area contributed by atoms with E-state index in [-0.39, 0.29) is 0 Å². The Morgan fingerprint density at radius 3 is 2.94 bits per heavy atom. The van der Waals surface area contributed by atoms with E-state index >= 15 is 0 Å². The van der Waals surface area contributed by atoms with Crippen LogP contribution in [0.5, 0.6) is 5.75 Å². The van der Waals surface area contributed by atoms with Crippen molar-refractivity contribution < 1.29 is 4.74 Å². The summed E-state index contributed by atoms with van der Waals surface area (Å²) in [6.45, 7) is 5.75. The molecule has 96 valence electrons. The van der Waals surface area contributed by atoms with Gasteiger partial charge in [0.25, 0.3) is 0 Å². The fourth-order valence-corrected chi connectivity index (χ4v) is 1.78. The summed E-state index contributed by atoms with van der Waals surface area (Å²) in [4.78, 5) is 8.47. The number of hydrogen-bond donors (Lipinski definition) is 1. The lowest BCUT2D eigenvalue weighted by atomic mass is 10.3. The van der Waals surface area contributed by atoms with E-state index < -0.39 is 0 Å². The van der Waals surface area contributed by atoms with Gasteiger partial charge < -0.3 is 15.0 Å². The average Bonchev–Trinajstić information content (AvgIpc) is 2.84. The molecule has 18 heavy (non-hydrogen) atoms. The van der Waals surface area contributed by atoms with Gasteiger partial charge in [-0.15, -0.1) is 0 Å². The smallest absolute Gasteiger partial charge is 0.142 e. The van der Waals surface area contributed by atoms with E-state index in [0.29, 0.717) is 13.2 Å². The van der Waals surface area contributed by atoms with Crippen LogP contribution in [0.1, 0.15) is 24.0 Å². The van der Waals surface area contributed by atoms with Gasteiger partial charge in [-0.05, 0) is 26.0 Å². The van der Waals surface area contributed by atoms with Crippen molar-refractivity contribution in [2.24, 2.45) is 5.73 Å². The monoisotopic (exact) mass is 246 g/mol. The number of rotatable bonds is 5. The molecular weight excluding hydrogens is 228 g/mol. The molecule has 0 aromatic carbocycles. The van der Waals surface area contributed by atoms with Gasteiger partial charge in [0.2, 0.25) is 0 Å². The van der Waals surface area contributed by atoms with Gasteiger partial charge in [-0.3, -0.25) is 4.98 Å². The van der Waals surface area contributed by atoms with Crippen LogP contribution in [0.15, 0.2) is 24.7 Å². The van der Waals surface area contributed by atoms with E-state index in [9.17, 15) is 0 Å². The normalized spacial score (nSPS) is 10.6. The summed E-state index contributed by atoms with van der Waals surface area (Å²) < 4.78 is 7.81. The van der Waals surface area contributed by atoms with Crippen LogP contribution in [0, 0.1) is 6.92 Å². The molecule has 0 unspecified atom stereocenters. The predicted molar refractivity (Wildman–Crippen MR) is 69.1 cm³/mol. The van der Waals surface area contributed by atoms with Crippen LogP contribution in [-0.4, -0.2) is 14.5 Å². The minimum Gasteiger partial charge on any atom is -0.485 e. The zero-order valence-corrected chi connectivity index (χ0v) is 10.8. The van der Waals surface area contributed by atoms with Crippen molar-refractivity contribution in [2.45, 2.75) is 33.5 Å². The highest BCUT2D eigenvalue weighted by molar-refractivity contribution is 5.29. The molecule has 0 aliphatic carbocycles. The number of ether oxygens (including phenoxy) is 1. The maximum absolute atomic E-state index is 5.77. The zero-order valence-electron chi connectivity index (χ0n) is 10.8. The van der Waals surface area contributed by atoms with Gasteiger partial charge in [0.1, 0.15) is 12.4 Å². The van der Waals surface area contributed by atoms with Gasteiger partial charge in [0.05, 0.1) is 23.9 Å². The molecule has 0 saturated carbocycles. The number of nitrogens with two attached hydrogens (primary N) is 1. The lowest BCUT2D eigenvalue weighted by Crippen LogP contribution is -2.08. The van der Waals surface area contributed by atoms with Crippen molar-refractivity contribution in [3.8, 4) is 5.75 Å². The van der Waals surface area contributed by atoms with E-state index in [0.717, 1.165) is 29.4 Å². The van der Waals surface area contributed by atoms with Crippen molar-refractivity contribution in [3.63, 3.8) is 0 Å². The van der Waals surface area contributed by atoms with Crippen molar-refractivity contribution in [2.75, 3.05) is 0 Å². The van der Waals surface area contributed by atoms with E-state index in [1.54, 1.807) is 6.33 Å². The van der Waals surface area contributed by atoms with Gasteiger partial charge >= 0.3 is 0 Å². The molecule has 0 radical (unpaired) electrons. The predicted octanol–water partition coefficient (Wildman–Crippen LogP) is 1.64. The van der Waals surface area contributed by atoms with Crippen LogP contribution in [0.2, 0.25) is 0 Å². The highest BCUT2D eigenvalue weighted by atomic mass is 16.5. The Morgan fingerprint density at radius 2 is 2.22 bits per heavy atom. The lowest BCUT2D eigenvalue weighted by Gasteiger charge is -2.11. The molecule has 2 aromatic rings. The van der Waals surface area contributed by atoms with Crippen LogP contribution in [-0.2, 0) is 19.7 Å². The first kappa shape index (κ1) is 12.6. The molecule has 0 aliphatic heterocycles. The highest BCUT2D eigenvalue weighted by Crippen LogP contribution is 2.17. The van der Waals surface area contributed by atoms with Gasteiger partial charge in [-0.25, -0.2) is 4.98 Å². The second-order valence-corrected chi connectivity index (χ2v) is 4.06. The maximum Gasteiger partial charge on any atom is 0.142 e. The van der Waals surface area contributed by atoms with Gasteiger partial charge in [0, 0.05) is 18.8 Å². The summed E-state index contributed by atoms with van der Waals surface area (Å²) in [5, 5.41) is 0. The number of aryl methyl sites for hydroxylation is 2. The van der Waals surface area contributed by atoms with E-state index in [2.05, 4.69) is 16.9 Å². The number of aromatic nitrogens is 3. The number of nitrogens with zero attached hydrogens (tertiary/aromatic N) is 3. The quantitative estimate of drug-likeness (QED) is 0.871. The maximum atomic E-state index is 5.77. The Balaban J connectivity index is 2.10. The van der Waals surface area contributed by atoms with Crippen molar-refractivity contribution in [1.29, 1.82) is 0 Å². The topological polar surface area (TPSA) is 66.0 Å². The molecule has 0 bridgehead atoms. The summed E-state index contributed by atoms with van der Waals surface area (Å²) in [6, 6.07) is 3.84. The Bertz CT molecular complexity index is 521. The van der Waals surface area contributed by atoms with Crippen molar-refractivity contribution >= 4 is 0 Å². The third kappa shape index (κ3) is 2.68. The van der Waals surface area contributed by atoms with E-state index in [1.165, 1.54) is 0 Å². The Hall–Kier alpha value is -1.88. The molecule has 2 aromatic heterocycles. The fraction of sp³-hybridized carbons (Fsp3) is 0.385. The molecule has 2 heterocycles. The average molecular weight is 246 g/mol. The second kappa shape index (κ2) is 5.64. The lowest BCUT2D eigenvalue weighted by molar-refractivity contribution is 0.290. The first-order valence-electron chi connectivity index (χ1n) is 6.03. The van der Waals surface area contributed by atoms with Crippen LogP contribution in [0.25, 0.3) is 0 Å². The molecule has 5 nitrogen and oxygen atoms in total. The summed E-state index contributed by atoms with van der Waals surface area (Å²) in [5.41, 5.74) is 8.44. The Labute approximate surface area is 107 Å². The largest absolute Gasteiger partial charge is 0.485 e. The summed E-state index contributed by atoms with van der Waals surface area (Å²) >= 11 is 0. The highest BCUT2D eigenvalue weighted by Gasteiger charge is 2.06. The second-order valence-electron chi connectivity index (χ2n) is 4.06. The Morgan fingerprint density at radius 1 is 1.39 bits per heavy atom. The molecule has 2 N–H and O–H groups in total. The third-order valence-corrected chi connectivity index (χ3v) is 2.78. The third-order valence-electron chi connectivity index (χ3n) is 2.78. The van der Waals surface area contributed by atoms with E-state index in [4.69, 9.17) is 10.5 Å². The van der Waals surface area contributed by atoms with Crippen LogP contribution < -0.4 is 10.5 Å². The van der Waals surface area contributed by atoms with Gasteiger partial charge in [0.15, 0.2) is 0 Å². The van der Waals surface area contributed by atoms with Crippen LogP contribution in [0.4, 0.5) is 0 Å². The Kier molecular flexibility index (Phi) is 3.94. The van der Waals surface area contributed by atoms with Gasteiger partial charge in [-0.1, -0.05) is 0 Å². The molecule has 0 saturated heterocycles. The van der Waals surface area contributed by atoms with E-state index in [1.807, 2.05) is 29.8 Å². The molecule has 0 atom stereocenters. The van der Waals surface area contributed by atoms with Crippen LogP contribution in [0.3, 0.4) is 0 Å². The molecule has 0 amide bonds. The first-order chi connectivity index (χ1) is 8.74. The first-order valence-corrected chi connectivity index (χ1v) is 6.03. The SMILES string of the molecule is CCn1cncc1COc1ccc(C)nc1CN. The molecular formula is C13H18N4O. The minimum absolute atomic E-state index is 0.379.